The van der Waals surface area contributed by atoms with Gasteiger partial charge in [-0.15, -0.1) is 0 Å². The van der Waals surface area contributed by atoms with Crippen LogP contribution in [-0.2, 0) is 11.5 Å². The Bertz CT molecular complexity index is 289. The molecule has 1 fully saturated rings. The average molecular weight is 180 g/mol. The molecule has 0 radical (unpaired) electrons. The summed E-state index contributed by atoms with van der Waals surface area (Å²) in [5, 5.41) is 4.32. The molecule has 1 heterocycles. The third-order valence-electron chi connectivity index (χ3n) is 2.37. The SMILES string of the molecule is Cc1cc(C)n(COCC2CC2)n1. The first-order chi connectivity index (χ1) is 6.25. The van der Waals surface area contributed by atoms with E-state index >= 15 is 0 Å². The van der Waals surface area contributed by atoms with Crippen LogP contribution in [-0.4, -0.2) is 16.4 Å². The second-order valence-corrected chi connectivity index (χ2v) is 3.87. The van der Waals surface area contributed by atoms with Crippen LogP contribution in [0.5, 0.6) is 0 Å². The van der Waals surface area contributed by atoms with E-state index in [0.29, 0.717) is 6.73 Å². The van der Waals surface area contributed by atoms with Gasteiger partial charge in [0.15, 0.2) is 0 Å². The van der Waals surface area contributed by atoms with E-state index in [4.69, 9.17) is 4.74 Å². The van der Waals surface area contributed by atoms with Crippen molar-refractivity contribution in [3.8, 4) is 0 Å². The highest BCUT2D eigenvalue weighted by atomic mass is 16.5. The number of hydrogen-bond donors (Lipinski definition) is 0. The quantitative estimate of drug-likeness (QED) is 0.707. The molecular formula is C10H16N2O. The fraction of sp³-hybridized carbons (Fsp3) is 0.700. The molecule has 0 bridgehead atoms. The van der Waals surface area contributed by atoms with Crippen molar-refractivity contribution in [2.45, 2.75) is 33.4 Å². The van der Waals surface area contributed by atoms with Gasteiger partial charge in [-0.2, -0.15) is 5.10 Å². The number of rotatable bonds is 4. The van der Waals surface area contributed by atoms with Crippen LogP contribution in [0.4, 0.5) is 0 Å². The van der Waals surface area contributed by atoms with Crippen LogP contribution >= 0.6 is 0 Å². The summed E-state index contributed by atoms with van der Waals surface area (Å²) in [5.41, 5.74) is 2.24. The summed E-state index contributed by atoms with van der Waals surface area (Å²) in [7, 11) is 0. The molecule has 1 aliphatic rings. The lowest BCUT2D eigenvalue weighted by atomic mass is 10.4. The first-order valence-corrected chi connectivity index (χ1v) is 4.84. The van der Waals surface area contributed by atoms with Crippen LogP contribution < -0.4 is 0 Å². The minimum Gasteiger partial charge on any atom is -0.359 e. The summed E-state index contributed by atoms with van der Waals surface area (Å²) in [4.78, 5) is 0. The smallest absolute Gasteiger partial charge is 0.139 e. The molecule has 0 atom stereocenters. The molecule has 2 rings (SSSR count). The van der Waals surface area contributed by atoms with E-state index in [1.165, 1.54) is 18.5 Å². The Kier molecular flexibility index (Phi) is 2.36. The van der Waals surface area contributed by atoms with Gasteiger partial charge in [0.1, 0.15) is 6.73 Å². The minimum atomic E-state index is 0.607. The molecule has 0 spiro atoms. The van der Waals surface area contributed by atoms with Crippen molar-refractivity contribution in [3.05, 3.63) is 17.5 Å². The first kappa shape index (κ1) is 8.75. The van der Waals surface area contributed by atoms with Gasteiger partial charge in [0.05, 0.1) is 12.3 Å². The second-order valence-electron chi connectivity index (χ2n) is 3.87. The van der Waals surface area contributed by atoms with Crippen molar-refractivity contribution in [2.24, 2.45) is 5.92 Å². The Labute approximate surface area is 78.7 Å². The van der Waals surface area contributed by atoms with Gasteiger partial charge >= 0.3 is 0 Å². The summed E-state index contributed by atoms with van der Waals surface area (Å²) in [6.07, 6.45) is 2.69. The zero-order valence-electron chi connectivity index (χ0n) is 8.29. The number of aromatic nitrogens is 2. The largest absolute Gasteiger partial charge is 0.359 e. The molecule has 13 heavy (non-hydrogen) atoms. The lowest BCUT2D eigenvalue weighted by Crippen LogP contribution is -2.07. The van der Waals surface area contributed by atoms with Crippen LogP contribution in [0.2, 0.25) is 0 Å². The van der Waals surface area contributed by atoms with Gasteiger partial charge in [0.2, 0.25) is 0 Å². The van der Waals surface area contributed by atoms with Crippen LogP contribution in [0.3, 0.4) is 0 Å². The molecule has 3 heteroatoms. The van der Waals surface area contributed by atoms with E-state index in [-0.39, 0.29) is 0 Å². The lowest BCUT2D eigenvalue weighted by Gasteiger charge is -2.04. The molecule has 72 valence electrons. The van der Waals surface area contributed by atoms with Crippen LogP contribution in [0.15, 0.2) is 6.07 Å². The van der Waals surface area contributed by atoms with Gasteiger partial charge < -0.3 is 4.74 Å². The number of hydrogen-bond acceptors (Lipinski definition) is 2. The van der Waals surface area contributed by atoms with E-state index in [1.54, 1.807) is 0 Å². The zero-order valence-corrected chi connectivity index (χ0v) is 8.29. The molecule has 0 N–H and O–H groups in total. The van der Waals surface area contributed by atoms with Crippen molar-refractivity contribution in [3.63, 3.8) is 0 Å². The van der Waals surface area contributed by atoms with E-state index in [0.717, 1.165) is 18.2 Å². The van der Waals surface area contributed by atoms with Gasteiger partial charge in [-0.25, -0.2) is 4.68 Å². The van der Waals surface area contributed by atoms with Crippen LogP contribution in [0.25, 0.3) is 0 Å². The lowest BCUT2D eigenvalue weighted by molar-refractivity contribution is 0.0597. The van der Waals surface area contributed by atoms with Crippen molar-refractivity contribution in [2.75, 3.05) is 6.61 Å². The Morgan fingerprint density at radius 2 is 2.31 bits per heavy atom. The number of aryl methyl sites for hydroxylation is 2. The summed E-state index contributed by atoms with van der Waals surface area (Å²) < 4.78 is 7.45. The Morgan fingerprint density at radius 1 is 1.54 bits per heavy atom. The molecule has 0 aromatic carbocycles. The second kappa shape index (κ2) is 3.50. The summed E-state index contributed by atoms with van der Waals surface area (Å²) in [5.74, 6) is 0.831. The Balaban J connectivity index is 1.81. The van der Waals surface area contributed by atoms with Crippen molar-refractivity contribution in [1.29, 1.82) is 0 Å². The van der Waals surface area contributed by atoms with Crippen LogP contribution in [0.1, 0.15) is 24.2 Å². The normalized spacial score (nSPS) is 16.5. The molecule has 1 aliphatic carbocycles. The molecular weight excluding hydrogens is 164 g/mol. The monoisotopic (exact) mass is 180 g/mol. The van der Waals surface area contributed by atoms with Crippen molar-refractivity contribution >= 4 is 0 Å². The molecule has 0 amide bonds. The maximum absolute atomic E-state index is 5.54. The van der Waals surface area contributed by atoms with Gasteiger partial charge in [-0.3, -0.25) is 0 Å². The van der Waals surface area contributed by atoms with Crippen molar-refractivity contribution < 1.29 is 4.74 Å². The molecule has 3 nitrogen and oxygen atoms in total. The van der Waals surface area contributed by atoms with Crippen molar-refractivity contribution in [1.82, 2.24) is 9.78 Å². The van der Waals surface area contributed by atoms with Gasteiger partial charge in [-0.1, -0.05) is 0 Å². The van der Waals surface area contributed by atoms with E-state index in [1.807, 2.05) is 11.6 Å². The Hall–Kier alpha value is -0.830. The fourth-order valence-electron chi connectivity index (χ4n) is 1.40. The molecule has 0 aliphatic heterocycles. The minimum absolute atomic E-state index is 0.607. The molecule has 1 aromatic rings. The molecule has 0 unspecified atom stereocenters. The third kappa shape index (κ3) is 2.31. The maximum Gasteiger partial charge on any atom is 0.139 e. The highest BCUT2D eigenvalue weighted by molar-refractivity contribution is 5.05. The molecule has 1 aromatic heterocycles. The highest BCUT2D eigenvalue weighted by Crippen LogP contribution is 2.28. The molecule has 0 saturated heterocycles. The fourth-order valence-corrected chi connectivity index (χ4v) is 1.40. The maximum atomic E-state index is 5.54. The van der Waals surface area contributed by atoms with E-state index < -0.39 is 0 Å². The average Bonchev–Trinajstić information content (AvgIpc) is 2.81. The summed E-state index contributed by atoms with van der Waals surface area (Å²) in [6, 6.07) is 2.07. The number of ether oxygens (including phenoxy) is 1. The zero-order chi connectivity index (χ0) is 9.26. The summed E-state index contributed by atoms with van der Waals surface area (Å²) in [6.45, 7) is 5.57. The predicted octanol–water partition coefficient (Wildman–Crippen LogP) is 1.88. The van der Waals surface area contributed by atoms with Gasteiger partial charge in [0.25, 0.3) is 0 Å². The predicted molar refractivity (Wildman–Crippen MR) is 50.4 cm³/mol. The third-order valence-corrected chi connectivity index (χ3v) is 2.37. The van der Waals surface area contributed by atoms with E-state index in [2.05, 4.69) is 18.1 Å². The van der Waals surface area contributed by atoms with Crippen LogP contribution in [0, 0.1) is 19.8 Å². The standard InChI is InChI=1S/C10H16N2O/c1-8-5-9(2)12(11-8)7-13-6-10-3-4-10/h5,10H,3-4,6-7H2,1-2H3. The van der Waals surface area contributed by atoms with Gasteiger partial charge in [-0.05, 0) is 38.7 Å². The molecule has 1 saturated carbocycles. The first-order valence-electron chi connectivity index (χ1n) is 4.84. The van der Waals surface area contributed by atoms with Gasteiger partial charge in [0, 0.05) is 5.69 Å². The summed E-state index contributed by atoms with van der Waals surface area (Å²) >= 11 is 0. The van der Waals surface area contributed by atoms with E-state index in [9.17, 15) is 0 Å². The highest BCUT2D eigenvalue weighted by Gasteiger charge is 2.21. The Morgan fingerprint density at radius 3 is 2.85 bits per heavy atom. The topological polar surface area (TPSA) is 27.1 Å². The number of nitrogens with zero attached hydrogens (tertiary/aromatic N) is 2.